The van der Waals surface area contributed by atoms with Gasteiger partial charge < -0.3 is 9.47 Å². The molecule has 0 bridgehead atoms. The van der Waals surface area contributed by atoms with Crippen LogP contribution in [0.3, 0.4) is 0 Å². The topological polar surface area (TPSA) is 44.2 Å². The van der Waals surface area contributed by atoms with Crippen LogP contribution in [0.4, 0.5) is 4.39 Å². The lowest BCUT2D eigenvalue weighted by atomic mass is 9.96. The van der Waals surface area contributed by atoms with E-state index in [1.165, 1.54) is 7.11 Å². The molecule has 0 spiro atoms. The molecule has 0 radical (unpaired) electrons. The number of rotatable bonds is 4. The highest BCUT2D eigenvalue weighted by molar-refractivity contribution is 5.86. The lowest BCUT2D eigenvalue weighted by Gasteiger charge is -2.17. The molecule has 25 heavy (non-hydrogen) atoms. The van der Waals surface area contributed by atoms with Crippen LogP contribution in [0, 0.1) is 12.7 Å². The van der Waals surface area contributed by atoms with E-state index < -0.39 is 5.82 Å². The van der Waals surface area contributed by atoms with Crippen LogP contribution < -0.4 is 9.47 Å². The van der Waals surface area contributed by atoms with Gasteiger partial charge in [-0.2, -0.15) is 0 Å². The predicted molar refractivity (Wildman–Crippen MR) is 94.7 cm³/mol. The van der Waals surface area contributed by atoms with E-state index in [9.17, 15) is 0 Å². The van der Waals surface area contributed by atoms with Crippen molar-refractivity contribution >= 4 is 10.8 Å². The van der Waals surface area contributed by atoms with Gasteiger partial charge in [-0.15, -0.1) is 0 Å². The molecule has 1 saturated carbocycles. The Labute approximate surface area is 145 Å². The van der Waals surface area contributed by atoms with Crippen LogP contribution in [0.15, 0.2) is 30.6 Å². The van der Waals surface area contributed by atoms with Gasteiger partial charge in [-0.05, 0) is 37.8 Å². The van der Waals surface area contributed by atoms with E-state index in [-0.39, 0.29) is 5.75 Å². The maximum atomic E-state index is 15.2. The van der Waals surface area contributed by atoms with Crippen molar-refractivity contribution in [2.24, 2.45) is 0 Å². The van der Waals surface area contributed by atoms with Crippen molar-refractivity contribution < 1.29 is 13.9 Å². The van der Waals surface area contributed by atoms with Gasteiger partial charge in [0.05, 0.1) is 19.9 Å². The molecular weight excluding hydrogens is 319 g/mol. The third-order valence-electron chi connectivity index (χ3n) is 4.65. The number of nitrogens with zero attached hydrogens (tertiary/aromatic N) is 2. The summed E-state index contributed by atoms with van der Waals surface area (Å²) >= 11 is 0. The van der Waals surface area contributed by atoms with E-state index in [0.717, 1.165) is 34.9 Å². The Morgan fingerprint density at radius 2 is 1.64 bits per heavy atom. The summed E-state index contributed by atoms with van der Waals surface area (Å²) in [5.41, 5.74) is 2.86. The van der Waals surface area contributed by atoms with Gasteiger partial charge in [0, 0.05) is 46.1 Å². The number of hydrogen-bond acceptors (Lipinski definition) is 4. The highest BCUT2D eigenvalue weighted by Gasteiger charge is 2.33. The van der Waals surface area contributed by atoms with Crippen molar-refractivity contribution in [1.29, 1.82) is 0 Å². The van der Waals surface area contributed by atoms with Crippen LogP contribution in [-0.4, -0.2) is 24.2 Å². The monoisotopic (exact) mass is 338 g/mol. The third kappa shape index (κ3) is 2.69. The summed E-state index contributed by atoms with van der Waals surface area (Å²) in [6.07, 6.45) is 5.62. The summed E-state index contributed by atoms with van der Waals surface area (Å²) in [4.78, 5) is 8.85. The number of benzene rings is 1. The second kappa shape index (κ2) is 5.99. The second-order valence-corrected chi connectivity index (χ2v) is 6.40. The summed E-state index contributed by atoms with van der Waals surface area (Å²) < 4.78 is 25.9. The zero-order valence-electron chi connectivity index (χ0n) is 14.5. The number of pyridine rings is 2. The SMILES string of the molecule is COc1cc(OC)c(C2CC2)c(-c2cc3cnc(C)cc3cn2)c1F. The molecule has 0 N–H and O–H groups in total. The van der Waals surface area contributed by atoms with E-state index in [1.54, 1.807) is 25.6 Å². The summed E-state index contributed by atoms with van der Waals surface area (Å²) in [6, 6.07) is 5.47. The number of aromatic nitrogens is 2. The normalized spacial score (nSPS) is 13.9. The molecule has 1 aromatic carbocycles. The molecule has 128 valence electrons. The number of ether oxygens (including phenoxy) is 2. The highest BCUT2D eigenvalue weighted by atomic mass is 19.1. The van der Waals surface area contributed by atoms with Gasteiger partial charge >= 0.3 is 0 Å². The van der Waals surface area contributed by atoms with Gasteiger partial charge in [0.15, 0.2) is 11.6 Å². The Bertz CT molecular complexity index is 968. The lowest BCUT2D eigenvalue weighted by Crippen LogP contribution is -2.02. The summed E-state index contributed by atoms with van der Waals surface area (Å²) in [6.45, 7) is 1.94. The van der Waals surface area contributed by atoms with E-state index in [1.807, 2.05) is 19.1 Å². The maximum absolute atomic E-state index is 15.2. The number of methoxy groups -OCH3 is 2. The molecule has 2 heterocycles. The Kier molecular flexibility index (Phi) is 3.79. The summed E-state index contributed by atoms with van der Waals surface area (Å²) in [5.74, 6) is 0.732. The number of hydrogen-bond donors (Lipinski definition) is 0. The summed E-state index contributed by atoms with van der Waals surface area (Å²) in [5, 5.41) is 1.91. The number of fused-ring (bicyclic) bond motifs is 1. The van der Waals surface area contributed by atoms with E-state index >= 15 is 4.39 Å². The Morgan fingerprint density at radius 1 is 0.960 bits per heavy atom. The van der Waals surface area contributed by atoms with Crippen molar-refractivity contribution in [3.05, 3.63) is 47.7 Å². The first kappa shape index (κ1) is 15.8. The van der Waals surface area contributed by atoms with Crippen LogP contribution in [0.2, 0.25) is 0 Å². The average Bonchev–Trinajstić information content (AvgIpc) is 3.45. The van der Waals surface area contributed by atoms with Gasteiger partial charge in [-0.3, -0.25) is 9.97 Å². The molecule has 4 nitrogen and oxygen atoms in total. The Balaban J connectivity index is 1.99. The summed E-state index contributed by atoms with van der Waals surface area (Å²) in [7, 11) is 3.06. The minimum Gasteiger partial charge on any atom is -0.496 e. The molecule has 0 aliphatic heterocycles. The molecule has 0 unspecified atom stereocenters. The molecule has 3 aromatic rings. The van der Waals surface area contributed by atoms with Gasteiger partial charge in [0.2, 0.25) is 0 Å². The van der Waals surface area contributed by atoms with Crippen LogP contribution in [-0.2, 0) is 0 Å². The van der Waals surface area contributed by atoms with E-state index in [0.29, 0.717) is 22.9 Å². The van der Waals surface area contributed by atoms with Crippen molar-refractivity contribution in [2.75, 3.05) is 14.2 Å². The Hall–Kier alpha value is -2.69. The van der Waals surface area contributed by atoms with Crippen molar-refractivity contribution in [2.45, 2.75) is 25.7 Å². The lowest BCUT2D eigenvalue weighted by molar-refractivity contribution is 0.372. The molecule has 0 saturated heterocycles. The van der Waals surface area contributed by atoms with Crippen LogP contribution >= 0.6 is 0 Å². The molecule has 1 fully saturated rings. The fourth-order valence-corrected chi connectivity index (χ4v) is 3.25. The van der Waals surface area contributed by atoms with Crippen molar-refractivity contribution in [1.82, 2.24) is 9.97 Å². The van der Waals surface area contributed by atoms with Crippen LogP contribution in [0.25, 0.3) is 22.0 Å². The molecule has 5 heteroatoms. The van der Waals surface area contributed by atoms with Crippen LogP contribution in [0.1, 0.15) is 30.0 Å². The van der Waals surface area contributed by atoms with Gasteiger partial charge in [-0.25, -0.2) is 4.39 Å². The molecular formula is C20H19FN2O2. The second-order valence-electron chi connectivity index (χ2n) is 6.40. The minimum atomic E-state index is -0.392. The number of halogens is 1. The smallest absolute Gasteiger partial charge is 0.174 e. The molecule has 0 atom stereocenters. The molecule has 2 aromatic heterocycles. The highest BCUT2D eigenvalue weighted by Crippen LogP contribution is 2.51. The van der Waals surface area contributed by atoms with Gasteiger partial charge in [0.1, 0.15) is 5.75 Å². The maximum Gasteiger partial charge on any atom is 0.174 e. The molecule has 1 aliphatic rings. The molecule has 4 rings (SSSR count). The number of aryl methyl sites for hydroxylation is 1. The first-order valence-corrected chi connectivity index (χ1v) is 8.29. The predicted octanol–water partition coefficient (Wildman–Crippen LogP) is 4.64. The fourth-order valence-electron chi connectivity index (χ4n) is 3.25. The minimum absolute atomic E-state index is 0.167. The zero-order valence-corrected chi connectivity index (χ0v) is 14.5. The zero-order chi connectivity index (χ0) is 17.6. The fraction of sp³-hybridized carbons (Fsp3) is 0.300. The standard InChI is InChI=1S/C20H19FN2O2/c1-11-6-13-10-23-15(7-14(13)9-22-11)19-18(12-4-5-12)16(24-2)8-17(25-3)20(19)21/h6-10,12H,4-5H2,1-3H3. The third-order valence-corrected chi connectivity index (χ3v) is 4.65. The average molecular weight is 338 g/mol. The van der Waals surface area contributed by atoms with E-state index in [2.05, 4.69) is 9.97 Å². The van der Waals surface area contributed by atoms with Gasteiger partial charge in [-0.1, -0.05) is 0 Å². The van der Waals surface area contributed by atoms with Gasteiger partial charge in [0.25, 0.3) is 0 Å². The molecule has 0 amide bonds. The van der Waals surface area contributed by atoms with Crippen molar-refractivity contribution in [3.63, 3.8) is 0 Å². The first-order chi connectivity index (χ1) is 12.1. The quantitative estimate of drug-likeness (QED) is 0.695. The molecule has 1 aliphatic carbocycles. The van der Waals surface area contributed by atoms with E-state index in [4.69, 9.17) is 9.47 Å². The first-order valence-electron chi connectivity index (χ1n) is 8.29. The largest absolute Gasteiger partial charge is 0.496 e. The van der Waals surface area contributed by atoms with Crippen molar-refractivity contribution in [3.8, 4) is 22.8 Å². The Morgan fingerprint density at radius 3 is 2.32 bits per heavy atom. The van der Waals surface area contributed by atoms with Crippen LogP contribution in [0.5, 0.6) is 11.5 Å².